The molecule has 0 aliphatic carbocycles. The molecule has 0 spiro atoms. The van der Waals surface area contributed by atoms with Crippen molar-refractivity contribution in [2.75, 3.05) is 23.7 Å². The largest absolute Gasteiger partial charge is 0.385 e. The fraction of sp³-hybridized carbons (Fsp3) is 0.188. The first-order valence-electron chi connectivity index (χ1n) is 6.52. The van der Waals surface area contributed by atoms with Crippen LogP contribution >= 0.6 is 0 Å². The Morgan fingerprint density at radius 3 is 2.50 bits per heavy atom. The Morgan fingerprint density at radius 1 is 1.00 bits per heavy atom. The standard InChI is InChI=1S/C16H16FN3/c17-14-7-8-16(13(11-14)12-18)20-10-4-9-19-15-5-2-1-3-6-15/h1-3,5-8,11,19-20H,4,9-10H2. The summed E-state index contributed by atoms with van der Waals surface area (Å²) in [4.78, 5) is 0. The van der Waals surface area contributed by atoms with E-state index < -0.39 is 5.82 Å². The molecule has 20 heavy (non-hydrogen) atoms. The first-order chi connectivity index (χ1) is 9.79. The van der Waals surface area contributed by atoms with Gasteiger partial charge in [-0.05, 0) is 36.8 Å². The quantitative estimate of drug-likeness (QED) is 0.787. The average Bonchev–Trinajstić information content (AvgIpc) is 2.49. The second-order valence-electron chi connectivity index (χ2n) is 4.37. The summed E-state index contributed by atoms with van der Waals surface area (Å²) in [5.41, 5.74) is 2.10. The van der Waals surface area contributed by atoms with Crippen molar-refractivity contribution in [2.24, 2.45) is 0 Å². The number of hydrogen-bond donors (Lipinski definition) is 2. The molecule has 0 amide bonds. The second-order valence-corrected chi connectivity index (χ2v) is 4.37. The van der Waals surface area contributed by atoms with E-state index in [2.05, 4.69) is 10.6 Å². The maximum atomic E-state index is 13.0. The van der Waals surface area contributed by atoms with Crippen LogP contribution in [0.2, 0.25) is 0 Å². The number of halogens is 1. The Bertz CT molecular complexity index is 590. The molecule has 0 bridgehead atoms. The number of nitrogens with one attached hydrogen (secondary N) is 2. The molecular weight excluding hydrogens is 253 g/mol. The molecule has 4 heteroatoms. The number of benzene rings is 2. The highest BCUT2D eigenvalue weighted by Gasteiger charge is 2.02. The van der Waals surface area contributed by atoms with Gasteiger partial charge >= 0.3 is 0 Å². The predicted molar refractivity (Wildman–Crippen MR) is 79.2 cm³/mol. The summed E-state index contributed by atoms with van der Waals surface area (Å²) in [5.74, 6) is -0.391. The fourth-order valence-electron chi connectivity index (χ4n) is 1.86. The zero-order chi connectivity index (χ0) is 14.2. The lowest BCUT2D eigenvalue weighted by atomic mass is 10.2. The van der Waals surface area contributed by atoms with Gasteiger partial charge in [-0.1, -0.05) is 18.2 Å². The van der Waals surface area contributed by atoms with E-state index in [1.54, 1.807) is 6.07 Å². The van der Waals surface area contributed by atoms with Crippen LogP contribution in [0.5, 0.6) is 0 Å². The van der Waals surface area contributed by atoms with Crippen molar-refractivity contribution in [1.29, 1.82) is 5.26 Å². The van der Waals surface area contributed by atoms with Crippen molar-refractivity contribution < 1.29 is 4.39 Å². The lowest BCUT2D eigenvalue weighted by Gasteiger charge is -2.09. The van der Waals surface area contributed by atoms with Crippen LogP contribution in [-0.4, -0.2) is 13.1 Å². The maximum absolute atomic E-state index is 13.0. The molecule has 0 aromatic heterocycles. The highest BCUT2D eigenvalue weighted by molar-refractivity contribution is 5.57. The molecule has 0 unspecified atom stereocenters. The zero-order valence-corrected chi connectivity index (χ0v) is 11.1. The molecular formula is C16H16FN3. The highest BCUT2D eigenvalue weighted by Crippen LogP contribution is 2.15. The summed E-state index contributed by atoms with van der Waals surface area (Å²) in [6.45, 7) is 1.56. The zero-order valence-electron chi connectivity index (χ0n) is 11.1. The molecule has 0 saturated carbocycles. The van der Waals surface area contributed by atoms with Gasteiger partial charge in [0.25, 0.3) is 0 Å². The topological polar surface area (TPSA) is 47.9 Å². The van der Waals surface area contributed by atoms with Gasteiger partial charge in [0.05, 0.1) is 11.3 Å². The SMILES string of the molecule is N#Cc1cc(F)ccc1NCCCNc1ccccc1. The van der Waals surface area contributed by atoms with Crippen LogP contribution in [0.25, 0.3) is 0 Å². The van der Waals surface area contributed by atoms with Gasteiger partial charge in [0.2, 0.25) is 0 Å². The van der Waals surface area contributed by atoms with Crippen molar-refractivity contribution >= 4 is 11.4 Å². The van der Waals surface area contributed by atoms with Gasteiger partial charge in [-0.3, -0.25) is 0 Å². The van der Waals surface area contributed by atoms with Crippen LogP contribution in [0.4, 0.5) is 15.8 Å². The molecule has 3 nitrogen and oxygen atoms in total. The Labute approximate surface area is 118 Å². The third-order valence-corrected chi connectivity index (χ3v) is 2.87. The van der Waals surface area contributed by atoms with E-state index in [1.165, 1.54) is 12.1 Å². The average molecular weight is 269 g/mol. The van der Waals surface area contributed by atoms with E-state index in [0.717, 1.165) is 25.2 Å². The van der Waals surface area contributed by atoms with Gasteiger partial charge in [-0.15, -0.1) is 0 Å². The Kier molecular flexibility index (Phi) is 4.96. The predicted octanol–water partition coefficient (Wildman–Crippen LogP) is 3.61. The number of nitrogens with zero attached hydrogens (tertiary/aromatic N) is 1. The first kappa shape index (κ1) is 13.9. The van der Waals surface area contributed by atoms with Gasteiger partial charge in [0.1, 0.15) is 11.9 Å². The van der Waals surface area contributed by atoms with Crippen LogP contribution in [-0.2, 0) is 0 Å². The van der Waals surface area contributed by atoms with Gasteiger partial charge in [0, 0.05) is 18.8 Å². The Balaban J connectivity index is 1.75. The molecule has 102 valence electrons. The molecule has 0 aliphatic rings. The molecule has 0 radical (unpaired) electrons. The Hall–Kier alpha value is -2.54. The van der Waals surface area contributed by atoms with Gasteiger partial charge < -0.3 is 10.6 Å². The minimum Gasteiger partial charge on any atom is -0.385 e. The van der Waals surface area contributed by atoms with Crippen molar-refractivity contribution in [1.82, 2.24) is 0 Å². The molecule has 0 aliphatic heterocycles. The van der Waals surface area contributed by atoms with Crippen LogP contribution in [0.3, 0.4) is 0 Å². The minimum atomic E-state index is -0.391. The second kappa shape index (κ2) is 7.15. The van der Waals surface area contributed by atoms with Crippen LogP contribution in [0.1, 0.15) is 12.0 Å². The molecule has 0 saturated heterocycles. The summed E-state index contributed by atoms with van der Waals surface area (Å²) < 4.78 is 13.0. The fourth-order valence-corrected chi connectivity index (χ4v) is 1.86. The van der Waals surface area contributed by atoms with Crippen molar-refractivity contribution in [3.05, 3.63) is 59.9 Å². The van der Waals surface area contributed by atoms with E-state index in [4.69, 9.17) is 5.26 Å². The van der Waals surface area contributed by atoms with Gasteiger partial charge in [0.15, 0.2) is 0 Å². The van der Waals surface area contributed by atoms with Crippen LogP contribution in [0.15, 0.2) is 48.5 Å². The Morgan fingerprint density at radius 2 is 1.75 bits per heavy atom. The van der Waals surface area contributed by atoms with Gasteiger partial charge in [-0.25, -0.2) is 4.39 Å². The van der Waals surface area contributed by atoms with Crippen LogP contribution < -0.4 is 10.6 Å². The van der Waals surface area contributed by atoms with E-state index in [9.17, 15) is 4.39 Å². The smallest absolute Gasteiger partial charge is 0.124 e. The molecule has 0 fully saturated rings. The van der Waals surface area contributed by atoms with Crippen molar-refractivity contribution in [3.63, 3.8) is 0 Å². The summed E-state index contributed by atoms with van der Waals surface area (Å²) >= 11 is 0. The summed E-state index contributed by atoms with van der Waals surface area (Å²) in [5, 5.41) is 15.4. The normalized spacial score (nSPS) is 9.80. The van der Waals surface area contributed by atoms with E-state index in [0.29, 0.717) is 11.3 Å². The lowest BCUT2D eigenvalue weighted by molar-refractivity contribution is 0.627. The number of para-hydroxylation sites is 1. The van der Waals surface area contributed by atoms with E-state index >= 15 is 0 Å². The lowest BCUT2D eigenvalue weighted by Crippen LogP contribution is -2.09. The minimum absolute atomic E-state index is 0.334. The highest BCUT2D eigenvalue weighted by atomic mass is 19.1. The molecule has 0 heterocycles. The molecule has 2 N–H and O–H groups in total. The number of anilines is 2. The van der Waals surface area contributed by atoms with Gasteiger partial charge in [-0.2, -0.15) is 5.26 Å². The molecule has 2 rings (SSSR count). The molecule has 0 atom stereocenters. The summed E-state index contributed by atoms with van der Waals surface area (Å²) in [7, 11) is 0. The third-order valence-electron chi connectivity index (χ3n) is 2.87. The molecule has 2 aromatic carbocycles. The monoisotopic (exact) mass is 269 g/mol. The summed E-state index contributed by atoms with van der Waals surface area (Å²) in [6, 6.07) is 16.1. The number of nitriles is 1. The maximum Gasteiger partial charge on any atom is 0.124 e. The number of hydrogen-bond acceptors (Lipinski definition) is 3. The molecule has 2 aromatic rings. The van der Waals surface area contributed by atoms with E-state index in [1.807, 2.05) is 36.4 Å². The third kappa shape index (κ3) is 3.99. The van der Waals surface area contributed by atoms with Crippen molar-refractivity contribution in [3.8, 4) is 6.07 Å². The first-order valence-corrected chi connectivity index (χ1v) is 6.52. The van der Waals surface area contributed by atoms with E-state index in [-0.39, 0.29) is 0 Å². The summed E-state index contributed by atoms with van der Waals surface area (Å²) in [6.07, 6.45) is 0.900. The van der Waals surface area contributed by atoms with Crippen LogP contribution in [0, 0.1) is 17.1 Å². The number of rotatable bonds is 6. The van der Waals surface area contributed by atoms with Crippen molar-refractivity contribution in [2.45, 2.75) is 6.42 Å².